The molecule has 0 N–H and O–H groups in total. The fourth-order valence-corrected chi connectivity index (χ4v) is 4.89. The van der Waals surface area contributed by atoms with Gasteiger partial charge in [-0.2, -0.15) is 0 Å². The Balaban J connectivity index is 1.88. The first-order valence-electron chi connectivity index (χ1n) is 10.0. The van der Waals surface area contributed by atoms with Crippen molar-refractivity contribution in [3.8, 4) is 0 Å². The zero-order valence-electron chi connectivity index (χ0n) is 17.5. The lowest BCUT2D eigenvalue weighted by Gasteiger charge is -2.26. The quantitative estimate of drug-likeness (QED) is 0.237. The first-order chi connectivity index (χ1) is 14.5. The van der Waals surface area contributed by atoms with Crippen LogP contribution >= 0.6 is 11.8 Å². The second-order valence-corrected chi connectivity index (χ2v) is 8.53. The van der Waals surface area contributed by atoms with Gasteiger partial charge >= 0.3 is 0 Å². The summed E-state index contributed by atoms with van der Waals surface area (Å²) in [5, 5.41) is 3.46. The van der Waals surface area contributed by atoms with Crippen molar-refractivity contribution in [1.82, 2.24) is 14.5 Å². The van der Waals surface area contributed by atoms with E-state index in [-0.39, 0.29) is 10.8 Å². The Morgan fingerprint density at radius 3 is 2.33 bits per heavy atom. The number of nitrogens with zero attached hydrogens (tertiary/aromatic N) is 3. The average molecular weight is 416 g/mol. The van der Waals surface area contributed by atoms with Crippen LogP contribution < -0.4 is 5.56 Å². The molecule has 0 amide bonds. The zero-order valence-corrected chi connectivity index (χ0v) is 18.3. The van der Waals surface area contributed by atoms with Gasteiger partial charge in [-0.3, -0.25) is 9.36 Å². The van der Waals surface area contributed by atoms with E-state index in [4.69, 9.17) is 4.98 Å². The molecular formula is C25H25N3OS. The minimum absolute atomic E-state index is 0.00182. The molecule has 0 fully saturated rings. The lowest BCUT2D eigenvalue weighted by atomic mass is 10.1. The molecule has 1 unspecified atom stereocenters. The predicted molar refractivity (Wildman–Crippen MR) is 127 cm³/mol. The lowest BCUT2D eigenvalue weighted by molar-refractivity contribution is 0.497. The Hall–Kier alpha value is -3.05. The SMILES string of the molecule is C=C(C(Sc1nc2cc3ccccc3cc2c(=O)n1CC)c1ccccc1)N(C)C. The van der Waals surface area contributed by atoms with Gasteiger partial charge in [0.1, 0.15) is 0 Å². The van der Waals surface area contributed by atoms with Crippen LogP contribution in [0.1, 0.15) is 17.7 Å². The lowest BCUT2D eigenvalue weighted by Crippen LogP contribution is -2.23. The molecule has 0 radical (unpaired) electrons. The third kappa shape index (κ3) is 3.73. The Kier molecular flexibility index (Phi) is 5.64. The Morgan fingerprint density at radius 1 is 1.07 bits per heavy atom. The van der Waals surface area contributed by atoms with E-state index >= 15 is 0 Å². The maximum Gasteiger partial charge on any atom is 0.262 e. The molecule has 3 aromatic carbocycles. The molecule has 0 bridgehead atoms. The molecule has 4 nitrogen and oxygen atoms in total. The maximum absolute atomic E-state index is 13.3. The van der Waals surface area contributed by atoms with Crippen molar-refractivity contribution in [2.75, 3.05) is 14.1 Å². The largest absolute Gasteiger partial charge is 0.380 e. The number of likely N-dealkylation sites (N-methyl/N-ethyl adjacent to an activating group) is 1. The summed E-state index contributed by atoms with van der Waals surface area (Å²) >= 11 is 1.57. The fourth-order valence-electron chi connectivity index (χ4n) is 3.55. The van der Waals surface area contributed by atoms with Crippen molar-refractivity contribution >= 4 is 33.4 Å². The number of hydrogen-bond acceptors (Lipinski definition) is 4. The van der Waals surface area contributed by atoms with Gasteiger partial charge in [0.05, 0.1) is 16.2 Å². The van der Waals surface area contributed by atoms with Crippen LogP contribution in [0.25, 0.3) is 21.7 Å². The summed E-state index contributed by atoms with van der Waals surface area (Å²) in [7, 11) is 3.98. The molecular weight excluding hydrogens is 390 g/mol. The maximum atomic E-state index is 13.3. The molecule has 30 heavy (non-hydrogen) atoms. The van der Waals surface area contributed by atoms with Crippen molar-refractivity contribution in [3.63, 3.8) is 0 Å². The minimum atomic E-state index is -0.0381. The summed E-state index contributed by atoms with van der Waals surface area (Å²) < 4.78 is 1.76. The van der Waals surface area contributed by atoms with Gasteiger partial charge in [-0.25, -0.2) is 4.98 Å². The van der Waals surface area contributed by atoms with Crippen LogP contribution in [0.15, 0.2) is 89.0 Å². The van der Waals surface area contributed by atoms with E-state index in [9.17, 15) is 4.79 Å². The molecule has 5 heteroatoms. The predicted octanol–water partition coefficient (Wildman–Crippen LogP) is 5.48. The van der Waals surface area contributed by atoms with Crippen LogP contribution in [0.3, 0.4) is 0 Å². The van der Waals surface area contributed by atoms with Crippen LogP contribution in [0.5, 0.6) is 0 Å². The molecule has 1 heterocycles. The van der Waals surface area contributed by atoms with E-state index in [1.807, 2.05) is 74.4 Å². The number of benzene rings is 3. The molecule has 1 atom stereocenters. The summed E-state index contributed by atoms with van der Waals surface area (Å²) in [5.41, 5.74) is 2.82. The number of hydrogen-bond donors (Lipinski definition) is 0. The van der Waals surface area contributed by atoms with E-state index in [1.54, 1.807) is 16.3 Å². The number of rotatable bonds is 6. The highest BCUT2D eigenvalue weighted by molar-refractivity contribution is 7.99. The summed E-state index contributed by atoms with van der Waals surface area (Å²) in [6.45, 7) is 6.85. The average Bonchev–Trinajstić information content (AvgIpc) is 2.76. The summed E-state index contributed by atoms with van der Waals surface area (Å²) in [6.07, 6.45) is 0. The number of fused-ring (bicyclic) bond motifs is 2. The summed E-state index contributed by atoms with van der Waals surface area (Å²) in [4.78, 5) is 20.3. The van der Waals surface area contributed by atoms with Crippen LogP contribution in [0.2, 0.25) is 0 Å². The van der Waals surface area contributed by atoms with Crippen molar-refractivity contribution in [2.24, 2.45) is 0 Å². The Morgan fingerprint density at radius 2 is 1.70 bits per heavy atom. The summed E-state index contributed by atoms with van der Waals surface area (Å²) in [5.74, 6) is 0. The molecule has 0 spiro atoms. The highest BCUT2D eigenvalue weighted by Crippen LogP contribution is 2.40. The third-order valence-electron chi connectivity index (χ3n) is 5.31. The van der Waals surface area contributed by atoms with Crippen molar-refractivity contribution in [1.29, 1.82) is 0 Å². The smallest absolute Gasteiger partial charge is 0.262 e. The first-order valence-corrected chi connectivity index (χ1v) is 10.9. The minimum Gasteiger partial charge on any atom is -0.380 e. The van der Waals surface area contributed by atoms with Crippen molar-refractivity contribution in [3.05, 3.63) is 94.9 Å². The van der Waals surface area contributed by atoms with E-state index in [2.05, 4.69) is 24.8 Å². The van der Waals surface area contributed by atoms with Crippen molar-refractivity contribution < 1.29 is 0 Å². The van der Waals surface area contributed by atoms with Crippen LogP contribution in [0, 0.1) is 0 Å². The van der Waals surface area contributed by atoms with Gasteiger partial charge in [0.25, 0.3) is 5.56 Å². The Bertz CT molecular complexity index is 1280. The van der Waals surface area contributed by atoms with Crippen LogP contribution in [0.4, 0.5) is 0 Å². The van der Waals surface area contributed by atoms with E-state index in [0.717, 1.165) is 27.5 Å². The van der Waals surface area contributed by atoms with E-state index < -0.39 is 0 Å². The number of thioether (sulfide) groups is 1. The highest BCUT2D eigenvalue weighted by atomic mass is 32.2. The van der Waals surface area contributed by atoms with Gasteiger partial charge in [0.2, 0.25) is 0 Å². The molecule has 0 saturated carbocycles. The van der Waals surface area contributed by atoms with Gasteiger partial charge in [-0.05, 0) is 35.4 Å². The van der Waals surface area contributed by atoms with Crippen LogP contribution in [-0.4, -0.2) is 28.5 Å². The topological polar surface area (TPSA) is 38.1 Å². The number of aromatic nitrogens is 2. The molecule has 0 aliphatic heterocycles. The summed E-state index contributed by atoms with van der Waals surface area (Å²) in [6, 6.07) is 22.3. The molecule has 1 aromatic heterocycles. The normalized spacial score (nSPS) is 12.2. The molecule has 0 saturated heterocycles. The standard InChI is InChI=1S/C25H25N3OS/c1-5-28-24(29)21-15-19-13-9-10-14-20(19)16-22(21)26-25(28)30-23(17(2)27(3)4)18-11-7-6-8-12-18/h6-16,23H,2,5H2,1,3-4H3. The molecule has 0 aliphatic carbocycles. The second kappa shape index (κ2) is 8.36. The van der Waals surface area contributed by atoms with Crippen molar-refractivity contribution in [2.45, 2.75) is 23.9 Å². The molecule has 4 rings (SSSR count). The van der Waals surface area contributed by atoms with Gasteiger partial charge in [-0.1, -0.05) is 72.9 Å². The molecule has 152 valence electrons. The van der Waals surface area contributed by atoms with Gasteiger partial charge in [0, 0.05) is 26.3 Å². The van der Waals surface area contributed by atoms with Gasteiger partial charge in [-0.15, -0.1) is 0 Å². The zero-order chi connectivity index (χ0) is 21.3. The van der Waals surface area contributed by atoms with Gasteiger partial charge in [0.15, 0.2) is 5.16 Å². The van der Waals surface area contributed by atoms with E-state index in [1.165, 1.54) is 0 Å². The third-order valence-corrected chi connectivity index (χ3v) is 6.61. The first kappa shape index (κ1) is 20.2. The Labute approximate surface area is 180 Å². The van der Waals surface area contributed by atoms with E-state index in [0.29, 0.717) is 17.1 Å². The monoisotopic (exact) mass is 415 g/mol. The van der Waals surface area contributed by atoms with Gasteiger partial charge < -0.3 is 4.90 Å². The molecule has 4 aromatic rings. The van der Waals surface area contributed by atoms with Crippen LogP contribution in [-0.2, 0) is 6.54 Å². The second-order valence-electron chi connectivity index (χ2n) is 7.45. The fraction of sp³-hybridized carbons (Fsp3) is 0.200. The highest BCUT2D eigenvalue weighted by Gasteiger charge is 2.22. The molecule has 0 aliphatic rings.